The average molecular weight is 316 g/mol. The van der Waals surface area contributed by atoms with Crippen LogP contribution in [0.5, 0.6) is 0 Å². The van der Waals surface area contributed by atoms with Crippen molar-refractivity contribution in [2.45, 2.75) is 26.2 Å². The summed E-state index contributed by atoms with van der Waals surface area (Å²) in [5.41, 5.74) is 2.26. The Morgan fingerprint density at radius 1 is 1.21 bits per heavy atom. The van der Waals surface area contributed by atoms with Crippen LogP contribution in [0.1, 0.15) is 32.2 Å². The third kappa shape index (κ3) is 3.18. The molecule has 0 saturated heterocycles. The highest BCUT2D eigenvalue weighted by molar-refractivity contribution is 9.10. The van der Waals surface area contributed by atoms with Gasteiger partial charge in [-0.15, -0.1) is 0 Å². The molecule has 2 rings (SSSR count). The van der Waals surface area contributed by atoms with Crippen LogP contribution in [0.15, 0.2) is 34.9 Å². The third-order valence-corrected chi connectivity index (χ3v) is 3.11. The summed E-state index contributed by atoms with van der Waals surface area (Å²) < 4.78 is 0.873. The smallest absolute Gasteiger partial charge is 0.134 e. The van der Waals surface area contributed by atoms with Crippen molar-refractivity contribution in [2.24, 2.45) is 0 Å². The van der Waals surface area contributed by atoms with Crippen LogP contribution in [0, 0.1) is 11.3 Å². The van der Waals surface area contributed by atoms with E-state index in [9.17, 15) is 0 Å². The van der Waals surface area contributed by atoms with E-state index < -0.39 is 0 Å². The van der Waals surface area contributed by atoms with Crippen LogP contribution < -0.4 is 0 Å². The molecule has 0 aliphatic carbocycles. The molecule has 0 spiro atoms. The van der Waals surface area contributed by atoms with E-state index in [1.807, 2.05) is 18.2 Å². The zero-order chi connectivity index (χ0) is 14.0. The van der Waals surface area contributed by atoms with Gasteiger partial charge in [0.2, 0.25) is 0 Å². The molecule has 0 N–H and O–H groups in total. The quantitative estimate of drug-likeness (QED) is 0.796. The summed E-state index contributed by atoms with van der Waals surface area (Å²) in [5.74, 6) is 0.795. The monoisotopic (exact) mass is 315 g/mol. The first-order valence-electron chi connectivity index (χ1n) is 5.95. The molecule has 0 aliphatic heterocycles. The van der Waals surface area contributed by atoms with Crippen LogP contribution in [-0.4, -0.2) is 9.97 Å². The fraction of sp³-hybridized carbons (Fsp3) is 0.267. The molecule has 0 saturated carbocycles. The Kier molecular flexibility index (Phi) is 3.68. The first kappa shape index (κ1) is 13.7. The Balaban J connectivity index is 2.54. The highest BCUT2D eigenvalue weighted by Gasteiger charge is 2.17. The zero-order valence-corrected chi connectivity index (χ0v) is 12.7. The number of hydrogen-bond donors (Lipinski definition) is 0. The molecule has 0 radical (unpaired) electrons. The molecule has 0 atom stereocenters. The lowest BCUT2D eigenvalue weighted by molar-refractivity contribution is 0.546. The van der Waals surface area contributed by atoms with Gasteiger partial charge in [-0.05, 0) is 24.3 Å². The van der Waals surface area contributed by atoms with Crippen molar-refractivity contribution >= 4 is 15.9 Å². The van der Waals surface area contributed by atoms with Crippen molar-refractivity contribution in [1.82, 2.24) is 9.97 Å². The Hall–Kier alpha value is -1.73. The zero-order valence-electron chi connectivity index (χ0n) is 11.1. The van der Waals surface area contributed by atoms with Gasteiger partial charge in [-0.3, -0.25) is 0 Å². The van der Waals surface area contributed by atoms with E-state index in [0.29, 0.717) is 5.56 Å². The Morgan fingerprint density at radius 2 is 1.95 bits per heavy atom. The SMILES string of the molecule is CC(C)(C)c1nccc(-c2cc(Br)cc(C#N)c2)n1. The maximum Gasteiger partial charge on any atom is 0.134 e. The van der Waals surface area contributed by atoms with Crippen molar-refractivity contribution in [1.29, 1.82) is 5.26 Å². The Morgan fingerprint density at radius 3 is 2.58 bits per heavy atom. The first-order chi connectivity index (χ1) is 8.90. The van der Waals surface area contributed by atoms with Gasteiger partial charge in [0, 0.05) is 21.6 Å². The Labute approximate surface area is 121 Å². The van der Waals surface area contributed by atoms with Crippen LogP contribution in [0.25, 0.3) is 11.3 Å². The van der Waals surface area contributed by atoms with Gasteiger partial charge >= 0.3 is 0 Å². The maximum absolute atomic E-state index is 9.01. The molecule has 3 nitrogen and oxygen atoms in total. The molecule has 4 heteroatoms. The van der Waals surface area contributed by atoms with Gasteiger partial charge in [0.1, 0.15) is 5.82 Å². The van der Waals surface area contributed by atoms with E-state index in [-0.39, 0.29) is 5.41 Å². The lowest BCUT2D eigenvalue weighted by atomic mass is 9.95. The molecular weight excluding hydrogens is 302 g/mol. The fourth-order valence-electron chi connectivity index (χ4n) is 1.68. The summed E-state index contributed by atoms with van der Waals surface area (Å²) >= 11 is 3.41. The molecule has 96 valence electrons. The number of hydrogen-bond acceptors (Lipinski definition) is 3. The number of halogens is 1. The van der Waals surface area contributed by atoms with Crippen LogP contribution in [0.3, 0.4) is 0 Å². The summed E-state index contributed by atoms with van der Waals surface area (Å²) in [6, 6.07) is 9.58. The van der Waals surface area contributed by atoms with E-state index in [4.69, 9.17) is 5.26 Å². The predicted molar refractivity (Wildman–Crippen MR) is 78.6 cm³/mol. The van der Waals surface area contributed by atoms with E-state index in [2.05, 4.69) is 52.7 Å². The highest BCUT2D eigenvalue weighted by atomic mass is 79.9. The van der Waals surface area contributed by atoms with Crippen molar-refractivity contribution in [3.8, 4) is 17.3 Å². The Bertz CT molecular complexity index is 651. The molecule has 1 aromatic heterocycles. The third-order valence-electron chi connectivity index (χ3n) is 2.65. The normalized spacial score (nSPS) is 11.1. The van der Waals surface area contributed by atoms with Gasteiger partial charge in [-0.1, -0.05) is 36.7 Å². The molecule has 0 fully saturated rings. The van der Waals surface area contributed by atoms with Crippen molar-refractivity contribution in [2.75, 3.05) is 0 Å². The second-order valence-electron chi connectivity index (χ2n) is 5.36. The van der Waals surface area contributed by atoms with Gasteiger partial charge in [0.25, 0.3) is 0 Å². The standard InChI is InChI=1S/C15H14BrN3/c1-15(2,3)14-18-5-4-13(19-14)11-6-10(9-17)7-12(16)8-11/h4-8H,1-3H3. The number of benzene rings is 1. The van der Waals surface area contributed by atoms with Gasteiger partial charge in [-0.2, -0.15) is 5.26 Å². The molecule has 2 aromatic rings. The van der Waals surface area contributed by atoms with Crippen molar-refractivity contribution in [3.05, 3.63) is 46.3 Å². The van der Waals surface area contributed by atoms with Crippen LogP contribution in [0.4, 0.5) is 0 Å². The molecule has 0 aliphatic rings. The van der Waals surface area contributed by atoms with Crippen LogP contribution in [-0.2, 0) is 5.41 Å². The summed E-state index contributed by atoms with van der Waals surface area (Å²) in [5, 5.41) is 9.01. The van der Waals surface area contributed by atoms with E-state index >= 15 is 0 Å². The lowest BCUT2D eigenvalue weighted by Crippen LogP contribution is -2.15. The molecule has 19 heavy (non-hydrogen) atoms. The minimum Gasteiger partial charge on any atom is -0.241 e. The van der Waals surface area contributed by atoms with E-state index in [1.165, 1.54) is 0 Å². The molecule has 1 heterocycles. The highest BCUT2D eigenvalue weighted by Crippen LogP contribution is 2.25. The number of aromatic nitrogens is 2. The summed E-state index contributed by atoms with van der Waals surface area (Å²) in [6.45, 7) is 6.23. The topological polar surface area (TPSA) is 49.6 Å². The second-order valence-corrected chi connectivity index (χ2v) is 6.27. The van der Waals surface area contributed by atoms with Crippen LogP contribution in [0.2, 0.25) is 0 Å². The summed E-state index contributed by atoms with van der Waals surface area (Å²) in [7, 11) is 0. The van der Waals surface area contributed by atoms with Crippen molar-refractivity contribution in [3.63, 3.8) is 0 Å². The van der Waals surface area contributed by atoms with Gasteiger partial charge in [0.15, 0.2) is 0 Å². The second kappa shape index (κ2) is 5.10. The largest absolute Gasteiger partial charge is 0.241 e. The first-order valence-corrected chi connectivity index (χ1v) is 6.74. The fourth-order valence-corrected chi connectivity index (χ4v) is 2.18. The summed E-state index contributed by atoms with van der Waals surface area (Å²) in [4.78, 5) is 8.90. The molecule has 0 bridgehead atoms. The number of nitriles is 1. The molecule has 0 amide bonds. The van der Waals surface area contributed by atoms with E-state index in [0.717, 1.165) is 21.6 Å². The van der Waals surface area contributed by atoms with Gasteiger partial charge in [-0.25, -0.2) is 9.97 Å². The average Bonchev–Trinajstić information content (AvgIpc) is 2.37. The number of nitrogens with zero attached hydrogens (tertiary/aromatic N) is 3. The maximum atomic E-state index is 9.01. The summed E-state index contributed by atoms with van der Waals surface area (Å²) in [6.07, 6.45) is 1.76. The molecule has 1 aromatic carbocycles. The minimum absolute atomic E-state index is 0.0971. The molecule has 0 unspecified atom stereocenters. The van der Waals surface area contributed by atoms with Gasteiger partial charge < -0.3 is 0 Å². The number of rotatable bonds is 1. The predicted octanol–water partition coefficient (Wildman–Crippen LogP) is 4.08. The lowest BCUT2D eigenvalue weighted by Gasteiger charge is -2.16. The van der Waals surface area contributed by atoms with Crippen molar-refractivity contribution < 1.29 is 0 Å². The minimum atomic E-state index is -0.0971. The molecular formula is C15H14BrN3. The van der Waals surface area contributed by atoms with Crippen LogP contribution >= 0.6 is 15.9 Å². The van der Waals surface area contributed by atoms with Gasteiger partial charge in [0.05, 0.1) is 17.3 Å². The van der Waals surface area contributed by atoms with E-state index in [1.54, 1.807) is 12.3 Å².